The number of rotatable bonds is 2. The summed E-state index contributed by atoms with van der Waals surface area (Å²) in [7, 11) is 0. The molecule has 2 atom stereocenters. The fourth-order valence-electron chi connectivity index (χ4n) is 2.38. The summed E-state index contributed by atoms with van der Waals surface area (Å²) in [6.07, 6.45) is 1.37. The summed E-state index contributed by atoms with van der Waals surface area (Å²) < 4.78 is 0. The van der Waals surface area contributed by atoms with Crippen LogP contribution in [0.5, 0.6) is 0 Å². The molecule has 2 heterocycles. The summed E-state index contributed by atoms with van der Waals surface area (Å²) in [5.41, 5.74) is 5.53. The smallest absolute Gasteiger partial charge is 0.0261 e. The van der Waals surface area contributed by atoms with E-state index in [-0.39, 0.29) is 12.4 Å². The van der Waals surface area contributed by atoms with Gasteiger partial charge in [-0.25, -0.2) is 0 Å². The molecule has 72 valence electrons. The van der Waals surface area contributed by atoms with Gasteiger partial charge >= 0.3 is 0 Å². The fraction of sp³-hybridized carbons (Fsp3) is 1.00. The fourth-order valence-corrected chi connectivity index (χ4v) is 2.38. The standard InChI is InChI=1S/C8H17N3.ClH/c9-2-4-11-3-1-7-5-10-6-8(7)11;/h7-8,10H,1-6,9H2;1H/t7-,8+;/m0./s1. The first-order valence-corrected chi connectivity index (χ1v) is 4.56. The van der Waals surface area contributed by atoms with E-state index < -0.39 is 0 Å². The third kappa shape index (κ3) is 1.74. The molecule has 2 aliphatic rings. The monoisotopic (exact) mass is 191 g/mol. The largest absolute Gasteiger partial charge is 0.329 e. The van der Waals surface area contributed by atoms with Crippen molar-refractivity contribution in [2.45, 2.75) is 12.5 Å². The van der Waals surface area contributed by atoms with Crippen molar-refractivity contribution in [3.8, 4) is 0 Å². The first-order chi connectivity index (χ1) is 5.42. The Kier molecular flexibility index (Phi) is 3.77. The van der Waals surface area contributed by atoms with E-state index in [9.17, 15) is 0 Å². The zero-order valence-corrected chi connectivity index (χ0v) is 8.15. The van der Waals surface area contributed by atoms with Gasteiger partial charge in [0, 0.05) is 25.7 Å². The van der Waals surface area contributed by atoms with Crippen LogP contribution in [0, 0.1) is 5.92 Å². The van der Waals surface area contributed by atoms with Crippen molar-refractivity contribution in [1.29, 1.82) is 0 Å². The Morgan fingerprint density at radius 2 is 2.25 bits per heavy atom. The maximum atomic E-state index is 5.53. The molecule has 2 fully saturated rings. The lowest BCUT2D eigenvalue weighted by Gasteiger charge is -2.21. The van der Waals surface area contributed by atoms with Gasteiger partial charge < -0.3 is 11.1 Å². The lowest BCUT2D eigenvalue weighted by Crippen LogP contribution is -2.37. The number of hydrogen-bond donors (Lipinski definition) is 2. The zero-order chi connectivity index (χ0) is 7.68. The normalized spacial score (nSPS) is 34.8. The van der Waals surface area contributed by atoms with E-state index in [1.54, 1.807) is 0 Å². The Hall–Kier alpha value is 0.170. The molecule has 0 radical (unpaired) electrons. The first-order valence-electron chi connectivity index (χ1n) is 4.56. The molecule has 2 rings (SSSR count). The number of hydrogen-bond acceptors (Lipinski definition) is 3. The second-order valence-electron chi connectivity index (χ2n) is 3.60. The SMILES string of the molecule is Cl.NCCN1CC[C@H]2CNC[C@H]21. The van der Waals surface area contributed by atoms with Crippen LogP contribution in [-0.4, -0.2) is 43.7 Å². The van der Waals surface area contributed by atoms with Crippen molar-refractivity contribution in [2.75, 3.05) is 32.7 Å². The van der Waals surface area contributed by atoms with E-state index >= 15 is 0 Å². The van der Waals surface area contributed by atoms with Crippen LogP contribution in [0.2, 0.25) is 0 Å². The molecule has 0 saturated carbocycles. The van der Waals surface area contributed by atoms with Crippen molar-refractivity contribution in [3.05, 3.63) is 0 Å². The van der Waals surface area contributed by atoms with Gasteiger partial charge in [-0.2, -0.15) is 0 Å². The summed E-state index contributed by atoms with van der Waals surface area (Å²) in [4.78, 5) is 2.53. The molecule has 3 N–H and O–H groups in total. The van der Waals surface area contributed by atoms with Gasteiger partial charge in [-0.1, -0.05) is 0 Å². The lowest BCUT2D eigenvalue weighted by molar-refractivity contribution is 0.259. The molecule has 0 spiro atoms. The third-order valence-electron chi connectivity index (χ3n) is 2.98. The first kappa shape index (κ1) is 10.3. The highest BCUT2D eigenvalue weighted by atomic mass is 35.5. The molecule has 0 aromatic heterocycles. The van der Waals surface area contributed by atoms with Crippen molar-refractivity contribution in [1.82, 2.24) is 10.2 Å². The van der Waals surface area contributed by atoms with Gasteiger partial charge in [-0.15, -0.1) is 12.4 Å². The highest BCUT2D eigenvalue weighted by Crippen LogP contribution is 2.26. The maximum Gasteiger partial charge on any atom is 0.0261 e. The molecular weight excluding hydrogens is 174 g/mol. The van der Waals surface area contributed by atoms with Crippen LogP contribution in [0.25, 0.3) is 0 Å². The molecule has 0 aliphatic carbocycles. The molecule has 0 amide bonds. The number of nitrogens with two attached hydrogens (primary N) is 1. The quantitative estimate of drug-likeness (QED) is 0.628. The minimum atomic E-state index is 0. The molecule has 3 nitrogen and oxygen atoms in total. The van der Waals surface area contributed by atoms with Gasteiger partial charge in [0.15, 0.2) is 0 Å². The Balaban J connectivity index is 0.000000720. The Bertz CT molecular complexity index is 140. The van der Waals surface area contributed by atoms with Gasteiger partial charge in [-0.3, -0.25) is 4.90 Å². The summed E-state index contributed by atoms with van der Waals surface area (Å²) in [6.45, 7) is 5.58. The van der Waals surface area contributed by atoms with Gasteiger partial charge in [0.25, 0.3) is 0 Å². The molecule has 2 aliphatic heterocycles. The number of nitrogens with zero attached hydrogens (tertiary/aromatic N) is 1. The van der Waals surface area contributed by atoms with Gasteiger partial charge in [0.05, 0.1) is 0 Å². The minimum absolute atomic E-state index is 0. The average molecular weight is 192 g/mol. The van der Waals surface area contributed by atoms with Gasteiger partial charge in [0.2, 0.25) is 0 Å². The van der Waals surface area contributed by atoms with Crippen molar-refractivity contribution in [3.63, 3.8) is 0 Å². The summed E-state index contributed by atoms with van der Waals surface area (Å²) in [5.74, 6) is 0.918. The second-order valence-corrected chi connectivity index (χ2v) is 3.60. The molecule has 0 unspecified atom stereocenters. The van der Waals surface area contributed by atoms with Crippen LogP contribution in [0.15, 0.2) is 0 Å². The Morgan fingerprint density at radius 3 is 3.00 bits per heavy atom. The van der Waals surface area contributed by atoms with Crippen molar-refractivity contribution >= 4 is 12.4 Å². The van der Waals surface area contributed by atoms with Crippen molar-refractivity contribution < 1.29 is 0 Å². The van der Waals surface area contributed by atoms with E-state index in [1.165, 1.54) is 26.1 Å². The average Bonchev–Trinajstić information content (AvgIpc) is 2.53. The number of halogens is 1. The molecular formula is C8H18ClN3. The predicted octanol–water partition coefficient (Wildman–Crippen LogP) is -0.339. The van der Waals surface area contributed by atoms with E-state index in [4.69, 9.17) is 5.73 Å². The van der Waals surface area contributed by atoms with Gasteiger partial charge in [0.1, 0.15) is 0 Å². The van der Waals surface area contributed by atoms with E-state index in [0.717, 1.165) is 25.0 Å². The number of likely N-dealkylation sites (tertiary alicyclic amines) is 1. The van der Waals surface area contributed by atoms with Crippen LogP contribution in [0.4, 0.5) is 0 Å². The highest BCUT2D eigenvalue weighted by Gasteiger charge is 2.36. The molecule has 12 heavy (non-hydrogen) atoms. The summed E-state index contributed by atoms with van der Waals surface area (Å²) >= 11 is 0. The van der Waals surface area contributed by atoms with Crippen LogP contribution in [-0.2, 0) is 0 Å². The van der Waals surface area contributed by atoms with E-state index in [2.05, 4.69) is 10.2 Å². The lowest BCUT2D eigenvalue weighted by atomic mass is 10.1. The van der Waals surface area contributed by atoms with Crippen LogP contribution in [0.1, 0.15) is 6.42 Å². The van der Waals surface area contributed by atoms with Crippen LogP contribution < -0.4 is 11.1 Å². The number of fused-ring (bicyclic) bond motifs is 1. The summed E-state index contributed by atoms with van der Waals surface area (Å²) in [5, 5.41) is 3.43. The highest BCUT2D eigenvalue weighted by molar-refractivity contribution is 5.85. The zero-order valence-electron chi connectivity index (χ0n) is 7.33. The maximum absolute atomic E-state index is 5.53. The minimum Gasteiger partial charge on any atom is -0.329 e. The molecule has 0 aromatic carbocycles. The molecule has 4 heteroatoms. The van der Waals surface area contributed by atoms with Crippen LogP contribution >= 0.6 is 12.4 Å². The number of nitrogens with one attached hydrogen (secondary N) is 1. The van der Waals surface area contributed by atoms with Crippen LogP contribution in [0.3, 0.4) is 0 Å². The second kappa shape index (κ2) is 4.42. The van der Waals surface area contributed by atoms with Crippen molar-refractivity contribution in [2.24, 2.45) is 11.7 Å². The molecule has 2 saturated heterocycles. The Morgan fingerprint density at radius 1 is 1.42 bits per heavy atom. The van der Waals surface area contributed by atoms with E-state index in [0.29, 0.717) is 0 Å². The predicted molar refractivity (Wildman–Crippen MR) is 52.6 cm³/mol. The summed E-state index contributed by atoms with van der Waals surface area (Å²) in [6, 6.07) is 0.804. The molecule has 0 bridgehead atoms. The van der Waals surface area contributed by atoms with Gasteiger partial charge in [-0.05, 0) is 25.4 Å². The Labute approximate surface area is 80.1 Å². The molecule has 0 aromatic rings. The van der Waals surface area contributed by atoms with E-state index in [1.807, 2.05) is 0 Å². The topological polar surface area (TPSA) is 41.3 Å². The third-order valence-corrected chi connectivity index (χ3v) is 2.98.